The number of aromatic nitrogens is 3. The summed E-state index contributed by atoms with van der Waals surface area (Å²) in [6.07, 6.45) is 5.13. The normalized spacial score (nSPS) is 10.3. The van der Waals surface area contributed by atoms with Gasteiger partial charge in [-0.25, -0.2) is 9.97 Å². The van der Waals surface area contributed by atoms with Crippen LogP contribution in [0.5, 0.6) is 0 Å². The molecule has 0 atom stereocenters. The number of rotatable bonds is 2. The van der Waals surface area contributed by atoms with Crippen LogP contribution in [0.3, 0.4) is 0 Å². The lowest BCUT2D eigenvalue weighted by atomic mass is 10.9. The topological polar surface area (TPSA) is 67.6 Å². The maximum Gasteiger partial charge on any atom is 0.172 e. The molecule has 0 radical (unpaired) electrons. The molecule has 62 valence electrons. The molecular formula is C6H6N4S2. The molecule has 0 bridgehead atoms. The molecule has 0 aliphatic carbocycles. The second kappa shape index (κ2) is 3.16. The van der Waals surface area contributed by atoms with E-state index in [4.69, 9.17) is 5.73 Å². The highest BCUT2D eigenvalue weighted by Gasteiger charge is 2.02. The van der Waals surface area contributed by atoms with Crippen LogP contribution in [-0.2, 0) is 0 Å². The fraction of sp³-hybridized carbons (Fsp3) is 0. The van der Waals surface area contributed by atoms with Gasteiger partial charge in [-0.3, -0.25) is 0 Å². The first kappa shape index (κ1) is 7.63. The van der Waals surface area contributed by atoms with Gasteiger partial charge in [0, 0.05) is 12.4 Å². The zero-order valence-corrected chi connectivity index (χ0v) is 7.65. The van der Waals surface area contributed by atoms with Crippen molar-refractivity contribution in [2.75, 3.05) is 5.73 Å². The fourth-order valence-corrected chi connectivity index (χ4v) is 2.32. The molecule has 0 amide bonds. The first-order valence-electron chi connectivity index (χ1n) is 3.23. The summed E-state index contributed by atoms with van der Waals surface area (Å²) >= 11 is 2.93. The molecule has 0 unspecified atom stereocenters. The van der Waals surface area contributed by atoms with Gasteiger partial charge < -0.3 is 10.7 Å². The Morgan fingerprint density at radius 1 is 1.50 bits per heavy atom. The van der Waals surface area contributed by atoms with Gasteiger partial charge in [0.1, 0.15) is 5.00 Å². The summed E-state index contributed by atoms with van der Waals surface area (Å²) in [5, 5.41) is 1.56. The molecule has 6 heteroatoms. The minimum absolute atomic E-state index is 0.726. The maximum atomic E-state index is 5.52. The van der Waals surface area contributed by atoms with Crippen LogP contribution in [0.15, 0.2) is 28.1 Å². The molecule has 3 N–H and O–H groups in total. The van der Waals surface area contributed by atoms with Crippen LogP contribution < -0.4 is 5.73 Å². The van der Waals surface area contributed by atoms with Crippen molar-refractivity contribution >= 4 is 28.1 Å². The van der Waals surface area contributed by atoms with Crippen LogP contribution in [0.1, 0.15) is 0 Å². The summed E-state index contributed by atoms with van der Waals surface area (Å²) < 4.78 is 0.905. The Labute approximate surface area is 77.2 Å². The van der Waals surface area contributed by atoms with Crippen molar-refractivity contribution in [3.8, 4) is 0 Å². The van der Waals surface area contributed by atoms with Crippen LogP contribution >= 0.6 is 23.1 Å². The molecule has 12 heavy (non-hydrogen) atoms. The molecule has 2 rings (SSSR count). The van der Waals surface area contributed by atoms with Crippen LogP contribution in [0.2, 0.25) is 0 Å². The number of anilines is 1. The first-order chi connectivity index (χ1) is 5.84. The molecule has 2 aromatic rings. The predicted octanol–water partition coefficient (Wildman–Crippen LogP) is 1.60. The van der Waals surface area contributed by atoms with Gasteiger partial charge in [0.05, 0.1) is 6.20 Å². The number of hydrogen-bond acceptors (Lipinski definition) is 5. The van der Waals surface area contributed by atoms with Gasteiger partial charge in [-0.05, 0) is 11.8 Å². The van der Waals surface area contributed by atoms with Crippen LogP contribution in [-0.4, -0.2) is 15.0 Å². The number of nitrogens with one attached hydrogen (secondary N) is 1. The van der Waals surface area contributed by atoms with Gasteiger partial charge in [0.25, 0.3) is 0 Å². The highest BCUT2D eigenvalue weighted by molar-refractivity contribution is 8.00. The lowest BCUT2D eigenvalue weighted by Crippen LogP contribution is -1.73. The Balaban J connectivity index is 2.14. The standard InChI is InChI=1S/C6H6N4S2/c7-4-3-10-6(11-4)12-5-8-1-2-9-5/h1-3H,7H2,(H,8,9). The molecule has 2 heterocycles. The summed E-state index contributed by atoms with van der Waals surface area (Å²) in [5.74, 6) is 0. The van der Waals surface area contributed by atoms with Crippen molar-refractivity contribution in [1.29, 1.82) is 0 Å². The molecule has 0 aliphatic rings. The number of nitrogen functional groups attached to an aromatic ring is 1. The molecule has 0 aromatic carbocycles. The Morgan fingerprint density at radius 2 is 2.42 bits per heavy atom. The monoisotopic (exact) mass is 198 g/mol. The maximum absolute atomic E-state index is 5.52. The van der Waals surface area contributed by atoms with E-state index in [0.717, 1.165) is 14.5 Å². The molecule has 0 aliphatic heterocycles. The molecule has 0 fully saturated rings. The van der Waals surface area contributed by atoms with Gasteiger partial charge in [-0.1, -0.05) is 11.3 Å². The highest BCUT2D eigenvalue weighted by atomic mass is 32.2. The lowest BCUT2D eigenvalue weighted by Gasteiger charge is -1.88. The predicted molar refractivity (Wildman–Crippen MR) is 49.2 cm³/mol. The molecule has 0 saturated carbocycles. The summed E-state index contributed by atoms with van der Waals surface area (Å²) in [7, 11) is 0. The van der Waals surface area contributed by atoms with Gasteiger partial charge in [0.15, 0.2) is 9.50 Å². The van der Waals surface area contributed by atoms with E-state index in [1.165, 1.54) is 23.1 Å². The number of nitrogens with zero attached hydrogens (tertiary/aromatic N) is 2. The van der Waals surface area contributed by atoms with E-state index >= 15 is 0 Å². The second-order valence-electron chi connectivity index (χ2n) is 2.02. The Hall–Kier alpha value is -1.01. The van der Waals surface area contributed by atoms with Crippen LogP contribution in [0, 0.1) is 0 Å². The third-order valence-electron chi connectivity index (χ3n) is 1.16. The van der Waals surface area contributed by atoms with Crippen molar-refractivity contribution in [2.45, 2.75) is 9.50 Å². The summed E-state index contributed by atoms with van der Waals surface area (Å²) in [5.41, 5.74) is 5.52. The number of thiazole rings is 1. The zero-order chi connectivity index (χ0) is 8.39. The van der Waals surface area contributed by atoms with Gasteiger partial charge in [-0.15, -0.1) is 0 Å². The second-order valence-corrected chi connectivity index (χ2v) is 4.32. The molecule has 0 spiro atoms. The Kier molecular flexibility index (Phi) is 2.01. The van der Waals surface area contributed by atoms with Crippen molar-refractivity contribution in [3.63, 3.8) is 0 Å². The number of imidazole rings is 1. The van der Waals surface area contributed by atoms with E-state index in [2.05, 4.69) is 15.0 Å². The lowest BCUT2D eigenvalue weighted by molar-refractivity contribution is 1.05. The minimum atomic E-state index is 0.726. The minimum Gasteiger partial charge on any atom is -0.389 e. The smallest absolute Gasteiger partial charge is 0.172 e. The largest absolute Gasteiger partial charge is 0.389 e. The number of nitrogens with two attached hydrogens (primary N) is 1. The highest BCUT2D eigenvalue weighted by Crippen LogP contribution is 2.29. The third-order valence-corrected chi connectivity index (χ3v) is 2.98. The summed E-state index contributed by atoms with van der Waals surface area (Å²) in [4.78, 5) is 11.1. The SMILES string of the molecule is Nc1cnc(Sc2ncc[nH]2)s1. The van der Waals surface area contributed by atoms with Gasteiger partial charge >= 0.3 is 0 Å². The van der Waals surface area contributed by atoms with Gasteiger partial charge in [-0.2, -0.15) is 0 Å². The van der Waals surface area contributed by atoms with E-state index in [1.54, 1.807) is 18.6 Å². The average molecular weight is 198 g/mol. The molecular weight excluding hydrogens is 192 g/mol. The Bertz CT molecular complexity index is 353. The third kappa shape index (κ3) is 1.59. The average Bonchev–Trinajstić information content (AvgIpc) is 2.63. The summed E-state index contributed by atoms with van der Waals surface area (Å²) in [6, 6.07) is 0. The molecule has 2 aromatic heterocycles. The van der Waals surface area contributed by atoms with Crippen LogP contribution in [0.25, 0.3) is 0 Å². The zero-order valence-electron chi connectivity index (χ0n) is 6.02. The van der Waals surface area contributed by atoms with Crippen molar-refractivity contribution in [3.05, 3.63) is 18.6 Å². The van der Waals surface area contributed by atoms with Gasteiger partial charge in [0.2, 0.25) is 0 Å². The van der Waals surface area contributed by atoms with Crippen LogP contribution in [0.4, 0.5) is 5.00 Å². The fourth-order valence-electron chi connectivity index (χ4n) is 0.706. The molecule has 0 saturated heterocycles. The quantitative estimate of drug-likeness (QED) is 0.769. The van der Waals surface area contributed by atoms with Crippen molar-refractivity contribution in [2.24, 2.45) is 0 Å². The summed E-state index contributed by atoms with van der Waals surface area (Å²) in [6.45, 7) is 0. The van der Waals surface area contributed by atoms with Crippen molar-refractivity contribution < 1.29 is 0 Å². The van der Waals surface area contributed by atoms with E-state index in [0.29, 0.717) is 0 Å². The van der Waals surface area contributed by atoms with E-state index < -0.39 is 0 Å². The van der Waals surface area contributed by atoms with E-state index in [1.807, 2.05) is 0 Å². The van der Waals surface area contributed by atoms with E-state index in [-0.39, 0.29) is 0 Å². The first-order valence-corrected chi connectivity index (χ1v) is 4.86. The number of H-pyrrole nitrogens is 1. The molecule has 4 nitrogen and oxygen atoms in total. The van der Waals surface area contributed by atoms with E-state index in [9.17, 15) is 0 Å². The number of hydrogen-bond donors (Lipinski definition) is 2. The Morgan fingerprint density at radius 3 is 3.00 bits per heavy atom. The van der Waals surface area contributed by atoms with Crippen molar-refractivity contribution in [1.82, 2.24) is 15.0 Å². The number of aromatic amines is 1.